The second-order valence-electron chi connectivity index (χ2n) is 4.40. The van der Waals surface area contributed by atoms with Crippen LogP contribution in [0.2, 0.25) is 0 Å². The number of nitrogens with zero attached hydrogens (tertiary/aromatic N) is 1. The molecule has 2 aromatic rings. The first-order valence-corrected chi connectivity index (χ1v) is 6.95. The number of hydrogen-bond acceptors (Lipinski definition) is 3. The number of rotatable bonds is 2. The molecule has 0 fully saturated rings. The number of ether oxygens (including phenoxy) is 1. The molecule has 0 amide bonds. The average Bonchev–Trinajstić information content (AvgIpc) is 2.80. The van der Waals surface area contributed by atoms with Crippen molar-refractivity contribution in [1.29, 1.82) is 0 Å². The largest absolute Gasteiger partial charge is 0.402 e. The minimum Gasteiger partial charge on any atom is -0.402 e. The van der Waals surface area contributed by atoms with Gasteiger partial charge in [-0.05, 0) is 42.0 Å². The first-order valence-electron chi connectivity index (χ1n) is 6.16. The highest BCUT2D eigenvalue weighted by Crippen LogP contribution is 2.21. The van der Waals surface area contributed by atoms with Gasteiger partial charge in [-0.1, -0.05) is 34.1 Å². The molecule has 0 aliphatic carbocycles. The number of benzene rings is 2. The number of halogens is 2. The quantitative estimate of drug-likeness (QED) is 0.610. The van der Waals surface area contributed by atoms with E-state index in [4.69, 9.17) is 4.74 Å². The topological polar surface area (TPSA) is 38.7 Å². The van der Waals surface area contributed by atoms with E-state index in [2.05, 4.69) is 20.9 Å². The van der Waals surface area contributed by atoms with Crippen LogP contribution in [-0.4, -0.2) is 11.9 Å². The summed E-state index contributed by atoms with van der Waals surface area (Å²) in [7, 11) is 0. The van der Waals surface area contributed by atoms with Gasteiger partial charge in [-0.3, -0.25) is 0 Å². The Morgan fingerprint density at radius 3 is 2.71 bits per heavy atom. The first-order chi connectivity index (χ1) is 10.1. The van der Waals surface area contributed by atoms with Gasteiger partial charge in [0.2, 0.25) is 5.90 Å². The Morgan fingerprint density at radius 2 is 1.95 bits per heavy atom. The molecule has 1 aliphatic heterocycles. The molecular weight excluding hydrogens is 337 g/mol. The molecular formula is C16H9BrFNO2. The average molecular weight is 346 g/mol. The highest BCUT2D eigenvalue weighted by atomic mass is 79.9. The molecule has 1 aliphatic rings. The number of carbonyl (C=O) groups is 1. The van der Waals surface area contributed by atoms with Crippen LogP contribution in [0, 0.1) is 5.82 Å². The highest BCUT2D eigenvalue weighted by molar-refractivity contribution is 9.10. The summed E-state index contributed by atoms with van der Waals surface area (Å²) in [4.78, 5) is 16.0. The standard InChI is InChI=1S/C16H9BrFNO2/c17-12-5-2-4-11(9-12)15-19-14(16(20)21-15)8-10-3-1-6-13(18)7-10/h1-9H/b14-8+. The molecule has 21 heavy (non-hydrogen) atoms. The summed E-state index contributed by atoms with van der Waals surface area (Å²) in [6.45, 7) is 0. The van der Waals surface area contributed by atoms with Crippen LogP contribution in [0.4, 0.5) is 4.39 Å². The maximum atomic E-state index is 13.1. The smallest absolute Gasteiger partial charge is 0.363 e. The number of hydrogen-bond donors (Lipinski definition) is 0. The zero-order chi connectivity index (χ0) is 14.8. The molecule has 0 radical (unpaired) electrons. The monoisotopic (exact) mass is 345 g/mol. The zero-order valence-corrected chi connectivity index (χ0v) is 12.3. The maximum Gasteiger partial charge on any atom is 0.363 e. The van der Waals surface area contributed by atoms with Crippen LogP contribution >= 0.6 is 15.9 Å². The summed E-state index contributed by atoms with van der Waals surface area (Å²) in [6, 6.07) is 13.2. The molecule has 0 unspecified atom stereocenters. The minimum absolute atomic E-state index is 0.149. The molecule has 3 rings (SSSR count). The molecule has 5 heteroatoms. The molecule has 0 saturated heterocycles. The van der Waals surface area contributed by atoms with E-state index in [9.17, 15) is 9.18 Å². The van der Waals surface area contributed by atoms with E-state index in [1.54, 1.807) is 24.3 Å². The van der Waals surface area contributed by atoms with Crippen molar-refractivity contribution in [2.45, 2.75) is 0 Å². The van der Waals surface area contributed by atoms with E-state index in [-0.39, 0.29) is 17.4 Å². The van der Waals surface area contributed by atoms with Crippen molar-refractivity contribution in [2.75, 3.05) is 0 Å². The normalized spacial score (nSPS) is 16.0. The Balaban J connectivity index is 1.95. The second kappa shape index (κ2) is 5.61. The lowest BCUT2D eigenvalue weighted by Gasteiger charge is -1.99. The van der Waals surface area contributed by atoms with Gasteiger partial charge in [-0.2, -0.15) is 0 Å². The summed E-state index contributed by atoms with van der Waals surface area (Å²) in [5, 5.41) is 0. The summed E-state index contributed by atoms with van der Waals surface area (Å²) in [5.74, 6) is -0.676. The number of cyclic esters (lactones) is 1. The third-order valence-corrected chi connectivity index (χ3v) is 3.34. The SMILES string of the molecule is O=C1OC(c2cccc(Br)c2)=N/C1=C/c1cccc(F)c1. The number of esters is 1. The van der Waals surface area contributed by atoms with Gasteiger partial charge >= 0.3 is 5.97 Å². The van der Waals surface area contributed by atoms with E-state index in [0.717, 1.165) is 4.47 Å². The van der Waals surface area contributed by atoms with Gasteiger partial charge in [0.25, 0.3) is 0 Å². The van der Waals surface area contributed by atoms with Gasteiger partial charge in [0.15, 0.2) is 5.70 Å². The van der Waals surface area contributed by atoms with Crippen molar-refractivity contribution >= 4 is 33.9 Å². The van der Waals surface area contributed by atoms with Crippen LogP contribution in [0.1, 0.15) is 11.1 Å². The predicted octanol–water partition coefficient (Wildman–Crippen LogP) is 3.93. The fraction of sp³-hybridized carbons (Fsp3) is 0. The van der Waals surface area contributed by atoms with Crippen molar-refractivity contribution in [3.8, 4) is 0 Å². The Kier molecular flexibility index (Phi) is 3.66. The predicted molar refractivity (Wildman–Crippen MR) is 81.1 cm³/mol. The lowest BCUT2D eigenvalue weighted by molar-refractivity contribution is -0.129. The van der Waals surface area contributed by atoms with Crippen molar-refractivity contribution in [3.05, 3.63) is 75.6 Å². The maximum absolute atomic E-state index is 13.1. The Bertz CT molecular complexity index is 783. The Labute approximate surface area is 128 Å². The van der Waals surface area contributed by atoms with E-state index in [0.29, 0.717) is 11.1 Å². The van der Waals surface area contributed by atoms with Crippen molar-refractivity contribution in [3.63, 3.8) is 0 Å². The molecule has 104 valence electrons. The molecule has 0 saturated carbocycles. The number of aliphatic imine (C=N–C) groups is 1. The lowest BCUT2D eigenvalue weighted by Crippen LogP contribution is -2.05. The van der Waals surface area contributed by atoms with Crippen LogP contribution in [0.25, 0.3) is 6.08 Å². The van der Waals surface area contributed by atoms with E-state index < -0.39 is 5.97 Å². The van der Waals surface area contributed by atoms with Crippen LogP contribution in [0.3, 0.4) is 0 Å². The summed E-state index contributed by atoms with van der Waals surface area (Å²) in [5.41, 5.74) is 1.40. The fourth-order valence-corrected chi connectivity index (χ4v) is 2.31. The fourth-order valence-electron chi connectivity index (χ4n) is 1.91. The Hall–Kier alpha value is -2.27. The summed E-state index contributed by atoms with van der Waals surface area (Å²) >= 11 is 3.35. The van der Waals surface area contributed by atoms with Crippen molar-refractivity contribution in [2.24, 2.45) is 4.99 Å². The molecule has 0 atom stereocenters. The van der Waals surface area contributed by atoms with E-state index in [1.807, 2.05) is 12.1 Å². The van der Waals surface area contributed by atoms with Gasteiger partial charge in [0.05, 0.1) is 0 Å². The third kappa shape index (κ3) is 3.08. The third-order valence-electron chi connectivity index (χ3n) is 2.84. The van der Waals surface area contributed by atoms with E-state index >= 15 is 0 Å². The van der Waals surface area contributed by atoms with Gasteiger partial charge in [0, 0.05) is 10.0 Å². The molecule has 0 bridgehead atoms. The molecule has 0 spiro atoms. The molecule has 0 N–H and O–H groups in total. The molecule has 2 aromatic carbocycles. The van der Waals surface area contributed by atoms with Gasteiger partial charge < -0.3 is 4.74 Å². The van der Waals surface area contributed by atoms with Crippen molar-refractivity contribution in [1.82, 2.24) is 0 Å². The molecule has 1 heterocycles. The highest BCUT2D eigenvalue weighted by Gasteiger charge is 2.24. The van der Waals surface area contributed by atoms with Crippen LogP contribution < -0.4 is 0 Å². The van der Waals surface area contributed by atoms with Crippen LogP contribution in [0.15, 0.2) is 63.7 Å². The molecule has 0 aromatic heterocycles. The summed E-state index contributed by atoms with van der Waals surface area (Å²) < 4.78 is 19.1. The van der Waals surface area contributed by atoms with Crippen LogP contribution in [-0.2, 0) is 9.53 Å². The van der Waals surface area contributed by atoms with E-state index in [1.165, 1.54) is 18.2 Å². The zero-order valence-electron chi connectivity index (χ0n) is 10.7. The summed E-state index contributed by atoms with van der Waals surface area (Å²) in [6.07, 6.45) is 1.50. The minimum atomic E-state index is -0.547. The Morgan fingerprint density at radius 1 is 1.14 bits per heavy atom. The van der Waals surface area contributed by atoms with Crippen LogP contribution in [0.5, 0.6) is 0 Å². The second-order valence-corrected chi connectivity index (χ2v) is 5.32. The molecule has 3 nitrogen and oxygen atoms in total. The number of carbonyl (C=O) groups excluding carboxylic acids is 1. The van der Waals surface area contributed by atoms with Crippen molar-refractivity contribution < 1.29 is 13.9 Å². The van der Waals surface area contributed by atoms with Gasteiger partial charge in [-0.25, -0.2) is 14.2 Å². The van der Waals surface area contributed by atoms with Gasteiger partial charge in [0.1, 0.15) is 5.82 Å². The lowest BCUT2D eigenvalue weighted by atomic mass is 10.2. The van der Waals surface area contributed by atoms with Gasteiger partial charge in [-0.15, -0.1) is 0 Å². The first kappa shape index (κ1) is 13.7.